The fourth-order valence-electron chi connectivity index (χ4n) is 2.28. The molecule has 7 heteroatoms. The van der Waals surface area contributed by atoms with Crippen LogP contribution < -0.4 is 5.32 Å². The van der Waals surface area contributed by atoms with Gasteiger partial charge >= 0.3 is 0 Å². The van der Waals surface area contributed by atoms with Gasteiger partial charge in [0.05, 0.1) is 18.8 Å². The molecule has 130 valence electrons. The van der Waals surface area contributed by atoms with Gasteiger partial charge in [0.2, 0.25) is 5.91 Å². The first kappa shape index (κ1) is 18.4. The second kappa shape index (κ2) is 9.42. The number of methoxy groups -OCH3 is 1. The second-order valence-electron chi connectivity index (χ2n) is 5.37. The number of carbonyl (C=O) groups is 1. The number of halogens is 1. The second-order valence-corrected chi connectivity index (χ2v) is 5.80. The van der Waals surface area contributed by atoms with Crippen molar-refractivity contribution in [2.45, 2.75) is 25.8 Å². The van der Waals surface area contributed by atoms with Gasteiger partial charge in [-0.15, -0.1) is 0 Å². The summed E-state index contributed by atoms with van der Waals surface area (Å²) >= 11 is 5.90. The van der Waals surface area contributed by atoms with Crippen LogP contribution in [0.3, 0.4) is 0 Å². The molecule has 24 heavy (non-hydrogen) atoms. The van der Waals surface area contributed by atoms with E-state index in [1.54, 1.807) is 30.0 Å². The van der Waals surface area contributed by atoms with Gasteiger partial charge in [-0.3, -0.25) is 4.79 Å². The predicted molar refractivity (Wildman–Crippen MR) is 94.1 cm³/mol. The van der Waals surface area contributed by atoms with Crippen molar-refractivity contribution in [2.24, 2.45) is 0 Å². The highest BCUT2D eigenvalue weighted by molar-refractivity contribution is 6.30. The highest BCUT2D eigenvalue weighted by Crippen LogP contribution is 2.23. The molecule has 1 amide bonds. The molecule has 1 heterocycles. The molecule has 0 aliphatic heterocycles. The van der Waals surface area contributed by atoms with Crippen molar-refractivity contribution in [3.8, 4) is 11.3 Å². The quantitative estimate of drug-likeness (QED) is 0.681. The molecule has 0 atom stereocenters. The van der Waals surface area contributed by atoms with Crippen LogP contribution in [0.2, 0.25) is 5.02 Å². The number of hydrogen-bond donors (Lipinski definition) is 2. The lowest BCUT2D eigenvalue weighted by Crippen LogP contribution is -2.16. The van der Waals surface area contributed by atoms with Gasteiger partial charge in [-0.25, -0.2) is 4.68 Å². The number of ether oxygens (including phenoxy) is 1. The van der Waals surface area contributed by atoms with Crippen molar-refractivity contribution in [2.75, 3.05) is 25.6 Å². The maximum Gasteiger partial charge on any atom is 0.225 e. The lowest BCUT2D eigenvalue weighted by molar-refractivity contribution is -0.116. The summed E-state index contributed by atoms with van der Waals surface area (Å²) in [5, 5.41) is 17.1. The van der Waals surface area contributed by atoms with Gasteiger partial charge in [-0.05, 0) is 25.0 Å². The van der Waals surface area contributed by atoms with Crippen LogP contribution >= 0.6 is 11.6 Å². The molecule has 0 fully saturated rings. The van der Waals surface area contributed by atoms with Crippen LogP contribution in [0, 0.1) is 0 Å². The number of anilines is 1. The lowest BCUT2D eigenvalue weighted by Gasteiger charge is -2.07. The molecule has 0 aliphatic carbocycles. The van der Waals surface area contributed by atoms with Crippen molar-refractivity contribution in [3.05, 3.63) is 35.4 Å². The van der Waals surface area contributed by atoms with E-state index in [2.05, 4.69) is 10.4 Å². The first-order chi connectivity index (χ1) is 11.6. The summed E-state index contributed by atoms with van der Waals surface area (Å²) in [6.45, 7) is 0.905. The Morgan fingerprint density at radius 2 is 2.08 bits per heavy atom. The maximum atomic E-state index is 12.0. The fourth-order valence-corrected chi connectivity index (χ4v) is 2.41. The molecule has 0 bridgehead atoms. The van der Waals surface area contributed by atoms with Crippen molar-refractivity contribution in [1.29, 1.82) is 0 Å². The van der Waals surface area contributed by atoms with E-state index in [1.165, 1.54) is 0 Å². The normalized spacial score (nSPS) is 10.8. The molecule has 2 rings (SSSR count). The number of aliphatic hydroxyl groups excluding tert-OH is 1. The van der Waals surface area contributed by atoms with Gasteiger partial charge in [0.25, 0.3) is 0 Å². The highest BCUT2D eigenvalue weighted by Gasteiger charge is 2.12. The van der Waals surface area contributed by atoms with E-state index in [0.717, 1.165) is 24.1 Å². The van der Waals surface area contributed by atoms with Crippen LogP contribution in [0.25, 0.3) is 11.3 Å². The van der Waals surface area contributed by atoms with Gasteiger partial charge in [0.15, 0.2) is 0 Å². The molecule has 6 nitrogen and oxygen atoms in total. The van der Waals surface area contributed by atoms with Gasteiger partial charge < -0.3 is 15.2 Å². The fraction of sp³-hybridized carbons (Fsp3) is 0.412. The molecule has 0 aliphatic rings. The predicted octanol–water partition coefficient (Wildman–Crippen LogP) is 2.95. The average molecular weight is 352 g/mol. The third-order valence-corrected chi connectivity index (χ3v) is 3.75. The number of nitrogens with one attached hydrogen (secondary N) is 1. The average Bonchev–Trinajstić information content (AvgIpc) is 2.95. The number of amides is 1. The van der Waals surface area contributed by atoms with E-state index < -0.39 is 0 Å². The minimum absolute atomic E-state index is 0.0571. The number of rotatable bonds is 9. The van der Waals surface area contributed by atoms with E-state index in [0.29, 0.717) is 30.4 Å². The molecule has 0 unspecified atom stereocenters. The molecule has 2 aromatic rings. The van der Waals surface area contributed by atoms with Crippen molar-refractivity contribution >= 4 is 23.3 Å². The Balaban J connectivity index is 2.07. The Morgan fingerprint density at radius 1 is 1.33 bits per heavy atom. The Hall–Kier alpha value is -1.89. The number of benzene rings is 1. The zero-order chi connectivity index (χ0) is 17.4. The Labute approximate surface area is 146 Å². The van der Waals surface area contributed by atoms with E-state index in [4.69, 9.17) is 16.3 Å². The third-order valence-electron chi connectivity index (χ3n) is 3.50. The molecule has 0 saturated heterocycles. The molecule has 2 N–H and O–H groups in total. The van der Waals surface area contributed by atoms with E-state index in [-0.39, 0.29) is 12.5 Å². The molecule has 0 radical (unpaired) electrons. The summed E-state index contributed by atoms with van der Waals surface area (Å²) in [6, 6.07) is 9.10. The third kappa shape index (κ3) is 5.33. The number of unbranched alkanes of at least 4 members (excludes halogenated alkanes) is 1. The zero-order valence-electron chi connectivity index (χ0n) is 13.7. The topological polar surface area (TPSA) is 76.4 Å². The van der Waals surface area contributed by atoms with Crippen LogP contribution in [0.5, 0.6) is 0 Å². The van der Waals surface area contributed by atoms with Gasteiger partial charge in [-0.1, -0.05) is 23.7 Å². The first-order valence-electron chi connectivity index (χ1n) is 7.87. The smallest absolute Gasteiger partial charge is 0.225 e. The molecule has 0 spiro atoms. The molecular formula is C17H22ClN3O3. The minimum atomic E-state index is -0.0761. The number of hydrogen-bond acceptors (Lipinski definition) is 4. The summed E-state index contributed by atoms with van der Waals surface area (Å²) < 4.78 is 6.56. The van der Waals surface area contributed by atoms with Gasteiger partial charge in [0, 0.05) is 36.8 Å². The van der Waals surface area contributed by atoms with E-state index in [9.17, 15) is 9.90 Å². The summed E-state index contributed by atoms with van der Waals surface area (Å²) in [7, 11) is 1.64. The standard InChI is InChI=1S/C17H22ClN3O3/c1-24-11-3-2-4-17(23)19-16-12-15(20-21(16)9-10-22)13-5-7-14(18)8-6-13/h5-8,12,22H,2-4,9-11H2,1H3,(H,19,23). The van der Waals surface area contributed by atoms with Crippen LogP contribution in [0.1, 0.15) is 19.3 Å². The van der Waals surface area contributed by atoms with Crippen LogP contribution in [0.4, 0.5) is 5.82 Å². The Morgan fingerprint density at radius 3 is 2.75 bits per heavy atom. The zero-order valence-corrected chi connectivity index (χ0v) is 14.4. The summed E-state index contributed by atoms with van der Waals surface area (Å²) in [5.74, 6) is 0.499. The Bertz CT molecular complexity index is 656. The van der Waals surface area contributed by atoms with Crippen molar-refractivity contribution in [3.63, 3.8) is 0 Å². The number of aromatic nitrogens is 2. The molecule has 0 saturated carbocycles. The highest BCUT2D eigenvalue weighted by atomic mass is 35.5. The SMILES string of the molecule is COCCCCC(=O)Nc1cc(-c2ccc(Cl)cc2)nn1CCO. The van der Waals surface area contributed by atoms with Crippen LogP contribution in [-0.2, 0) is 16.1 Å². The number of carbonyl (C=O) groups excluding carboxylic acids is 1. The van der Waals surface area contributed by atoms with E-state index >= 15 is 0 Å². The van der Waals surface area contributed by atoms with Crippen molar-refractivity contribution in [1.82, 2.24) is 9.78 Å². The van der Waals surface area contributed by atoms with Gasteiger partial charge in [-0.2, -0.15) is 5.10 Å². The first-order valence-corrected chi connectivity index (χ1v) is 8.25. The van der Waals surface area contributed by atoms with Crippen LogP contribution in [-0.4, -0.2) is 41.1 Å². The van der Waals surface area contributed by atoms with Gasteiger partial charge in [0.1, 0.15) is 5.82 Å². The molecular weight excluding hydrogens is 330 g/mol. The molecule has 1 aromatic heterocycles. The monoisotopic (exact) mass is 351 g/mol. The van der Waals surface area contributed by atoms with E-state index in [1.807, 2.05) is 12.1 Å². The lowest BCUT2D eigenvalue weighted by atomic mass is 10.1. The van der Waals surface area contributed by atoms with Crippen LogP contribution in [0.15, 0.2) is 30.3 Å². The molecule has 1 aromatic carbocycles. The Kier molecular flexibility index (Phi) is 7.24. The maximum absolute atomic E-state index is 12.0. The minimum Gasteiger partial charge on any atom is -0.394 e. The van der Waals surface area contributed by atoms with Crippen molar-refractivity contribution < 1.29 is 14.6 Å². The summed E-state index contributed by atoms with van der Waals surface area (Å²) in [6.07, 6.45) is 2.03. The summed E-state index contributed by atoms with van der Waals surface area (Å²) in [5.41, 5.74) is 1.61. The summed E-state index contributed by atoms with van der Waals surface area (Å²) in [4.78, 5) is 12.0. The number of nitrogens with zero attached hydrogens (tertiary/aromatic N) is 2. The number of aliphatic hydroxyl groups is 1. The largest absolute Gasteiger partial charge is 0.394 e.